The average Bonchev–Trinajstić information content (AvgIpc) is 3.93. The number of carboxylic acid groups (broad SMARTS) is 1. The van der Waals surface area contributed by atoms with Crippen molar-refractivity contribution < 1.29 is 60.1 Å². The lowest BCUT2D eigenvalue weighted by atomic mass is 10.1. The van der Waals surface area contributed by atoms with Gasteiger partial charge in [-0.1, -0.05) is 0 Å². The molecule has 6 aliphatic heterocycles. The Labute approximate surface area is 417 Å². The van der Waals surface area contributed by atoms with Gasteiger partial charge in [-0.2, -0.15) is 53.3 Å². The second-order valence-corrected chi connectivity index (χ2v) is 16.4. The standard InChI is InChI=1S/C22H22F3N5O3.C19H19N5O4.C2H4F3N.ClH.2H2S/c23-22(24,25)7-5-17(31)15-3-4-16-20(27-15)30(14-6-8-29(16)12-14)21(32)28-19-10-13-2-1-9-33-18(13)11-26-19;25-18(26)13-3-4-14-17(21-13)24(12-5-6-23(14)10-12)19(27)22-16-8-11-2-1-7-28-15(11)9-20-16;3-2(4,5)1-6;;;/h3-4,10-11,14H,1-2,5-9,12H2,(H,26,28,32);3-4,8-9,12H,1-2,5-7,10H2,(H,25,26)(H,20,22,27);1,6H2;1H;2*1H2/t14-;12-;;;;/m00..../s1. The number of nitrogens with one attached hydrogen (secondary N) is 2. The minimum atomic E-state index is -4.42. The summed E-state index contributed by atoms with van der Waals surface area (Å²) < 4.78 is 80.7. The van der Waals surface area contributed by atoms with Crippen LogP contribution in [0.1, 0.15) is 70.6 Å². The molecule has 2 fully saturated rings. The molecule has 0 aromatic carbocycles. The Bertz CT molecular complexity index is 2570. The maximum atomic E-state index is 13.3. The zero-order chi connectivity index (χ0) is 47.6. The number of Topliss-reactive ketones (excluding diaryl/α,β-unsaturated/α-hetero) is 1. The molecule has 5 N–H and O–H groups in total. The summed E-state index contributed by atoms with van der Waals surface area (Å²) in [5, 5.41) is 14.9. The number of hydrogen-bond acceptors (Lipinski definition) is 13. The second-order valence-electron chi connectivity index (χ2n) is 16.4. The average molecular weight is 1050 g/mol. The monoisotopic (exact) mass is 1050 g/mol. The summed E-state index contributed by atoms with van der Waals surface area (Å²) in [7, 11) is 0. The number of ether oxygens (including phenoxy) is 2. The van der Waals surface area contributed by atoms with Crippen molar-refractivity contribution in [2.45, 2.75) is 75.8 Å². The van der Waals surface area contributed by atoms with Crippen molar-refractivity contribution in [1.29, 1.82) is 0 Å². The first-order valence-electron chi connectivity index (χ1n) is 21.5. The summed E-state index contributed by atoms with van der Waals surface area (Å²) in [4.78, 5) is 74.5. The summed E-state index contributed by atoms with van der Waals surface area (Å²) >= 11 is 0. The van der Waals surface area contributed by atoms with Gasteiger partial charge in [-0.15, -0.1) is 12.4 Å². The largest absolute Gasteiger partial charge is 0.492 e. The van der Waals surface area contributed by atoms with E-state index in [1.165, 1.54) is 17.0 Å². The van der Waals surface area contributed by atoms with Gasteiger partial charge in [0.05, 0.1) is 62.0 Å². The molecule has 0 aliphatic carbocycles. The molecule has 0 saturated carbocycles. The Kier molecular flexibility index (Phi) is 17.9. The van der Waals surface area contributed by atoms with Crippen molar-refractivity contribution in [3.63, 3.8) is 0 Å². The topological polar surface area (TPSA) is 222 Å². The van der Waals surface area contributed by atoms with Gasteiger partial charge in [-0.25, -0.2) is 34.3 Å². The Morgan fingerprint density at radius 1 is 0.714 bits per heavy atom. The third-order valence-corrected chi connectivity index (χ3v) is 11.8. The van der Waals surface area contributed by atoms with Gasteiger partial charge in [0.15, 0.2) is 23.1 Å². The minimum absolute atomic E-state index is 0. The number of nitrogens with two attached hydrogens (primary N) is 1. The number of halogens is 7. The number of alkyl halides is 6. The van der Waals surface area contributed by atoms with Gasteiger partial charge < -0.3 is 30.1 Å². The molecule has 18 nitrogen and oxygen atoms in total. The number of amides is 4. The number of urea groups is 2. The fraction of sp³-hybridized carbons (Fsp3) is 0.442. The van der Waals surface area contributed by atoms with Gasteiger partial charge in [-0.05, 0) is 86.1 Å². The molecule has 70 heavy (non-hydrogen) atoms. The third kappa shape index (κ3) is 12.7. The lowest BCUT2D eigenvalue weighted by Crippen LogP contribution is -2.48. The molecular weight excluding hydrogens is 996 g/mol. The number of nitrogens with zero attached hydrogens (tertiary/aromatic N) is 8. The molecule has 4 amide bonds. The number of fused-ring (bicyclic) bond motifs is 10. The van der Waals surface area contributed by atoms with Crippen molar-refractivity contribution in [1.82, 2.24) is 19.9 Å². The SMILES string of the molecule is Cl.NCC(F)(F)F.O=C(CCC(F)(F)F)c1ccc2c(n1)N(C(=O)Nc1cc3c(cn1)OCCC3)[C@H]1CCN2C1.O=C(O)c1ccc2c(n1)N(C(=O)Nc1cc3c(cn1)OCCC3)[C@H]1CCN2C1.S.S. The van der Waals surface area contributed by atoms with Crippen LogP contribution in [0.4, 0.5) is 70.6 Å². The Morgan fingerprint density at radius 2 is 1.16 bits per heavy atom. The summed E-state index contributed by atoms with van der Waals surface area (Å²) in [6.07, 6.45) is -2.23. The number of aromatic nitrogens is 4. The van der Waals surface area contributed by atoms with Gasteiger partial charge in [0.1, 0.15) is 28.8 Å². The van der Waals surface area contributed by atoms with Gasteiger partial charge in [-0.3, -0.25) is 25.2 Å². The zero-order valence-electron chi connectivity index (χ0n) is 37.1. The summed E-state index contributed by atoms with van der Waals surface area (Å²) in [6.45, 7) is 2.95. The van der Waals surface area contributed by atoms with Crippen molar-refractivity contribution in [3.05, 3.63) is 71.3 Å². The molecule has 4 aromatic heterocycles. The molecule has 4 bridgehead atoms. The number of rotatable bonds is 6. The van der Waals surface area contributed by atoms with E-state index in [0.29, 0.717) is 61.6 Å². The Hall–Kier alpha value is -5.99. The van der Waals surface area contributed by atoms with Gasteiger partial charge in [0.25, 0.3) is 0 Å². The number of aryl methyl sites for hydroxylation is 2. The van der Waals surface area contributed by atoms with Crippen LogP contribution in [0.5, 0.6) is 11.5 Å². The van der Waals surface area contributed by atoms with Crippen LogP contribution in [0.15, 0.2) is 48.8 Å². The van der Waals surface area contributed by atoms with Crippen LogP contribution in [-0.4, -0.2) is 119 Å². The molecule has 0 radical (unpaired) electrons. The van der Waals surface area contributed by atoms with Crippen LogP contribution in [-0.2, 0) is 12.8 Å². The smallest absolute Gasteiger partial charge is 0.400 e. The molecule has 0 unspecified atom stereocenters. The van der Waals surface area contributed by atoms with Gasteiger partial charge >= 0.3 is 30.4 Å². The first-order chi connectivity index (χ1) is 31.9. The molecule has 2 atom stereocenters. The summed E-state index contributed by atoms with van der Waals surface area (Å²) in [5.74, 6) is 1.12. The number of pyridine rings is 4. The number of carboxylic acids is 1. The molecule has 380 valence electrons. The normalized spacial score (nSPS) is 17.8. The molecule has 27 heteroatoms. The summed E-state index contributed by atoms with van der Waals surface area (Å²) in [6, 6.07) is 8.88. The maximum Gasteiger partial charge on any atom is 0.400 e. The van der Waals surface area contributed by atoms with E-state index in [0.717, 1.165) is 67.8 Å². The molecule has 0 spiro atoms. The number of ketones is 1. The lowest BCUT2D eigenvalue weighted by Gasteiger charge is -2.35. The number of hydrogen-bond donors (Lipinski definition) is 4. The van der Waals surface area contributed by atoms with E-state index in [9.17, 15) is 50.6 Å². The second kappa shape index (κ2) is 22.8. The first kappa shape index (κ1) is 54.9. The fourth-order valence-corrected chi connectivity index (χ4v) is 8.59. The van der Waals surface area contributed by atoms with E-state index in [1.807, 2.05) is 6.07 Å². The van der Waals surface area contributed by atoms with Crippen LogP contribution in [0, 0.1) is 0 Å². The molecule has 6 aliphatic rings. The van der Waals surface area contributed by atoms with Crippen LogP contribution in [0.2, 0.25) is 0 Å². The van der Waals surface area contributed by atoms with E-state index in [4.69, 9.17) is 9.47 Å². The van der Waals surface area contributed by atoms with Crippen LogP contribution in [0.3, 0.4) is 0 Å². The minimum Gasteiger partial charge on any atom is -0.492 e. The fourth-order valence-electron chi connectivity index (χ4n) is 8.59. The predicted molar refractivity (Wildman–Crippen MR) is 259 cm³/mol. The highest BCUT2D eigenvalue weighted by atomic mass is 35.5. The zero-order valence-corrected chi connectivity index (χ0v) is 39.9. The highest BCUT2D eigenvalue weighted by molar-refractivity contribution is 7.59. The number of aromatic carboxylic acids is 1. The molecule has 2 saturated heterocycles. The predicted octanol–water partition coefficient (Wildman–Crippen LogP) is 7.24. The molecule has 4 aromatic rings. The lowest BCUT2D eigenvalue weighted by molar-refractivity contribution is -0.133. The van der Waals surface area contributed by atoms with Gasteiger partial charge in [0.2, 0.25) is 0 Å². The van der Waals surface area contributed by atoms with E-state index in [2.05, 4.69) is 46.1 Å². The first-order valence-corrected chi connectivity index (χ1v) is 21.5. The van der Waals surface area contributed by atoms with E-state index in [1.54, 1.807) is 35.5 Å². The van der Waals surface area contributed by atoms with E-state index >= 15 is 0 Å². The number of anilines is 6. The number of carbonyl (C=O) groups is 4. The molecule has 10 rings (SSSR count). The van der Waals surface area contributed by atoms with Crippen LogP contribution in [0.25, 0.3) is 0 Å². The molecule has 10 heterocycles. The molecular formula is C43H50ClF6N11O7S2. The van der Waals surface area contributed by atoms with Crippen molar-refractivity contribution in [2.24, 2.45) is 5.73 Å². The van der Waals surface area contributed by atoms with Crippen molar-refractivity contribution >= 4 is 97.9 Å². The van der Waals surface area contributed by atoms with E-state index < -0.39 is 49.5 Å². The highest BCUT2D eigenvalue weighted by Gasteiger charge is 2.42. The quantitative estimate of drug-likeness (QED) is 0.110. The summed E-state index contributed by atoms with van der Waals surface area (Å²) in [5.41, 5.74) is 7.46. The Morgan fingerprint density at radius 3 is 1.59 bits per heavy atom. The van der Waals surface area contributed by atoms with Gasteiger partial charge in [0, 0.05) is 32.6 Å². The maximum absolute atomic E-state index is 13.3. The van der Waals surface area contributed by atoms with Crippen molar-refractivity contribution in [3.8, 4) is 11.5 Å². The van der Waals surface area contributed by atoms with E-state index in [-0.39, 0.29) is 74.7 Å². The van der Waals surface area contributed by atoms with Crippen LogP contribution >= 0.6 is 39.4 Å². The third-order valence-electron chi connectivity index (χ3n) is 11.8. The van der Waals surface area contributed by atoms with Crippen molar-refractivity contribution in [2.75, 3.05) is 76.2 Å². The Balaban J connectivity index is 0.000000227. The highest BCUT2D eigenvalue weighted by Crippen LogP contribution is 2.41. The number of carbonyl (C=O) groups excluding carboxylic acids is 3. The van der Waals surface area contributed by atoms with Crippen LogP contribution < -0.4 is 45.4 Å².